The number of anilines is 2. The van der Waals surface area contributed by atoms with E-state index in [4.69, 9.17) is 9.47 Å². The molecule has 0 aliphatic carbocycles. The number of rotatable bonds is 5. The zero-order chi connectivity index (χ0) is 20.4. The van der Waals surface area contributed by atoms with Crippen molar-refractivity contribution in [3.05, 3.63) is 42.2 Å². The molecule has 3 aromatic rings. The fourth-order valence-corrected chi connectivity index (χ4v) is 3.86. The number of ether oxygens (including phenoxy) is 2. The first-order valence-corrected chi connectivity index (χ1v) is 9.84. The van der Waals surface area contributed by atoms with Crippen molar-refractivity contribution in [3.8, 4) is 11.5 Å². The van der Waals surface area contributed by atoms with E-state index in [-0.39, 0.29) is 5.91 Å². The largest absolute Gasteiger partial charge is 0.497 e. The number of amides is 1. The summed E-state index contributed by atoms with van der Waals surface area (Å²) in [5.41, 5.74) is 2.32. The van der Waals surface area contributed by atoms with Crippen molar-refractivity contribution in [1.29, 1.82) is 0 Å². The molecular weight excluding hydrogens is 368 g/mol. The average Bonchev–Trinajstić information content (AvgIpc) is 3.16. The van der Waals surface area contributed by atoms with Gasteiger partial charge < -0.3 is 24.3 Å². The van der Waals surface area contributed by atoms with E-state index in [2.05, 4.69) is 10.3 Å². The Morgan fingerprint density at radius 3 is 2.41 bits per heavy atom. The topological polar surface area (TPSA) is 68.6 Å². The summed E-state index contributed by atoms with van der Waals surface area (Å²) in [5.74, 6) is 2.12. The van der Waals surface area contributed by atoms with Crippen LogP contribution < -0.4 is 14.8 Å². The highest BCUT2D eigenvalue weighted by Crippen LogP contribution is 2.32. The molecule has 1 amide bonds. The minimum absolute atomic E-state index is 0.0543. The number of piperidine rings is 1. The SMILES string of the molecule is COc1cc(Nc2ncc(C(=O)N3CCCCC3)c3c2ccn3C)cc(OC)c1. The number of benzene rings is 1. The second kappa shape index (κ2) is 8.03. The van der Waals surface area contributed by atoms with E-state index in [9.17, 15) is 4.79 Å². The van der Waals surface area contributed by atoms with E-state index in [1.54, 1.807) is 20.4 Å². The molecule has 4 rings (SSSR count). The molecule has 0 unspecified atom stereocenters. The fourth-order valence-electron chi connectivity index (χ4n) is 3.86. The van der Waals surface area contributed by atoms with Crippen molar-refractivity contribution in [2.24, 2.45) is 7.05 Å². The highest BCUT2D eigenvalue weighted by molar-refractivity contribution is 6.08. The van der Waals surface area contributed by atoms with Crippen LogP contribution in [0.4, 0.5) is 11.5 Å². The second-order valence-corrected chi connectivity index (χ2v) is 7.29. The number of aromatic nitrogens is 2. The molecule has 1 fully saturated rings. The molecule has 3 heterocycles. The molecule has 7 heteroatoms. The van der Waals surface area contributed by atoms with Crippen LogP contribution in [0.1, 0.15) is 29.6 Å². The number of carbonyl (C=O) groups excluding carboxylic acids is 1. The van der Waals surface area contributed by atoms with E-state index < -0.39 is 0 Å². The van der Waals surface area contributed by atoms with Crippen LogP contribution in [0, 0.1) is 0 Å². The Morgan fingerprint density at radius 1 is 1.07 bits per heavy atom. The van der Waals surface area contributed by atoms with E-state index in [0.717, 1.165) is 42.5 Å². The van der Waals surface area contributed by atoms with E-state index in [1.807, 2.05) is 47.0 Å². The first-order valence-electron chi connectivity index (χ1n) is 9.84. The molecule has 7 nitrogen and oxygen atoms in total. The summed E-state index contributed by atoms with van der Waals surface area (Å²) in [7, 11) is 5.19. The predicted molar refractivity (Wildman–Crippen MR) is 113 cm³/mol. The Morgan fingerprint density at radius 2 is 1.76 bits per heavy atom. The fraction of sp³-hybridized carbons (Fsp3) is 0.364. The number of hydrogen-bond acceptors (Lipinski definition) is 5. The molecule has 1 saturated heterocycles. The minimum atomic E-state index is 0.0543. The summed E-state index contributed by atoms with van der Waals surface area (Å²) >= 11 is 0. The van der Waals surface area contributed by atoms with Gasteiger partial charge in [0, 0.05) is 61.8 Å². The Labute approximate surface area is 170 Å². The van der Waals surface area contributed by atoms with Gasteiger partial charge in [-0.3, -0.25) is 4.79 Å². The Bertz CT molecular complexity index is 1020. The molecule has 29 heavy (non-hydrogen) atoms. The normalized spacial score (nSPS) is 14.1. The maximum atomic E-state index is 13.1. The van der Waals surface area contributed by atoms with Crippen molar-refractivity contribution in [3.63, 3.8) is 0 Å². The van der Waals surface area contributed by atoms with Crippen LogP contribution in [0.25, 0.3) is 10.9 Å². The number of methoxy groups -OCH3 is 2. The Balaban J connectivity index is 1.72. The number of aryl methyl sites for hydroxylation is 1. The first-order chi connectivity index (χ1) is 14.1. The van der Waals surface area contributed by atoms with Gasteiger partial charge in [-0.25, -0.2) is 4.98 Å². The molecule has 1 aliphatic rings. The molecule has 0 saturated carbocycles. The number of pyridine rings is 1. The number of fused-ring (bicyclic) bond motifs is 1. The number of carbonyl (C=O) groups is 1. The van der Waals surface area contributed by atoms with Gasteiger partial charge in [-0.2, -0.15) is 0 Å². The quantitative estimate of drug-likeness (QED) is 0.709. The van der Waals surface area contributed by atoms with Crippen LogP contribution in [0.15, 0.2) is 36.7 Å². The predicted octanol–water partition coefficient (Wildman–Crippen LogP) is 3.96. The van der Waals surface area contributed by atoms with Crippen LogP contribution in [0.3, 0.4) is 0 Å². The first kappa shape index (κ1) is 19.1. The van der Waals surface area contributed by atoms with E-state index >= 15 is 0 Å². The lowest BCUT2D eigenvalue weighted by Gasteiger charge is -2.27. The van der Waals surface area contributed by atoms with Gasteiger partial charge in [-0.15, -0.1) is 0 Å². The molecular formula is C22H26N4O3. The number of likely N-dealkylation sites (tertiary alicyclic amines) is 1. The summed E-state index contributed by atoms with van der Waals surface area (Å²) < 4.78 is 12.7. The molecule has 0 spiro atoms. The average molecular weight is 394 g/mol. The molecule has 1 N–H and O–H groups in total. The Kier molecular flexibility index (Phi) is 5.29. The van der Waals surface area contributed by atoms with Gasteiger partial charge in [0.05, 0.1) is 25.3 Å². The van der Waals surface area contributed by atoms with E-state index in [1.165, 1.54) is 6.42 Å². The van der Waals surface area contributed by atoms with Crippen LogP contribution in [0.2, 0.25) is 0 Å². The summed E-state index contributed by atoms with van der Waals surface area (Å²) in [4.78, 5) is 19.6. The van der Waals surface area contributed by atoms with Crippen LogP contribution in [-0.2, 0) is 7.05 Å². The minimum Gasteiger partial charge on any atom is -0.497 e. The molecule has 2 aromatic heterocycles. The lowest BCUT2D eigenvalue weighted by atomic mass is 10.1. The third-order valence-electron chi connectivity index (χ3n) is 5.39. The molecule has 0 atom stereocenters. The van der Waals surface area contributed by atoms with Gasteiger partial charge >= 0.3 is 0 Å². The van der Waals surface area contributed by atoms with Crippen LogP contribution in [-0.4, -0.2) is 47.7 Å². The van der Waals surface area contributed by atoms with Crippen LogP contribution in [0.5, 0.6) is 11.5 Å². The highest BCUT2D eigenvalue weighted by Gasteiger charge is 2.23. The van der Waals surface area contributed by atoms with Crippen molar-refractivity contribution >= 4 is 28.3 Å². The summed E-state index contributed by atoms with van der Waals surface area (Å²) in [5, 5.41) is 4.25. The number of nitrogens with zero attached hydrogens (tertiary/aromatic N) is 3. The zero-order valence-corrected chi connectivity index (χ0v) is 17.1. The van der Waals surface area contributed by atoms with Crippen molar-refractivity contribution in [2.75, 3.05) is 32.6 Å². The maximum Gasteiger partial charge on any atom is 0.257 e. The summed E-state index contributed by atoms with van der Waals surface area (Å²) in [6.07, 6.45) is 6.95. The third kappa shape index (κ3) is 3.72. The standard InChI is InChI=1S/C22H26N4O3/c1-25-10-7-18-20(25)19(22(27)26-8-5-4-6-9-26)14-23-21(18)24-15-11-16(28-2)13-17(12-15)29-3/h7,10-14H,4-6,8-9H2,1-3H3,(H,23,24). The van der Waals surface area contributed by atoms with Gasteiger partial charge in [0.15, 0.2) is 0 Å². The van der Waals surface area contributed by atoms with Gasteiger partial charge in [0.1, 0.15) is 17.3 Å². The number of hydrogen-bond donors (Lipinski definition) is 1. The molecule has 1 aromatic carbocycles. The van der Waals surface area contributed by atoms with Gasteiger partial charge in [-0.05, 0) is 25.3 Å². The van der Waals surface area contributed by atoms with Crippen molar-refractivity contribution in [2.45, 2.75) is 19.3 Å². The lowest BCUT2D eigenvalue weighted by Crippen LogP contribution is -2.35. The smallest absolute Gasteiger partial charge is 0.257 e. The zero-order valence-electron chi connectivity index (χ0n) is 17.1. The van der Waals surface area contributed by atoms with E-state index in [0.29, 0.717) is 22.9 Å². The molecule has 1 aliphatic heterocycles. The van der Waals surface area contributed by atoms with Gasteiger partial charge in [0.2, 0.25) is 0 Å². The van der Waals surface area contributed by atoms with Gasteiger partial charge in [0.25, 0.3) is 5.91 Å². The van der Waals surface area contributed by atoms with Crippen molar-refractivity contribution < 1.29 is 14.3 Å². The third-order valence-corrected chi connectivity index (χ3v) is 5.39. The number of nitrogens with one attached hydrogen (secondary N) is 1. The lowest BCUT2D eigenvalue weighted by molar-refractivity contribution is 0.0725. The monoisotopic (exact) mass is 394 g/mol. The van der Waals surface area contributed by atoms with Crippen molar-refractivity contribution in [1.82, 2.24) is 14.5 Å². The van der Waals surface area contributed by atoms with Gasteiger partial charge in [-0.1, -0.05) is 0 Å². The summed E-state index contributed by atoms with van der Waals surface area (Å²) in [6, 6.07) is 7.56. The maximum absolute atomic E-state index is 13.1. The Hall–Kier alpha value is -3.22. The summed E-state index contributed by atoms with van der Waals surface area (Å²) in [6.45, 7) is 1.63. The second-order valence-electron chi connectivity index (χ2n) is 7.29. The molecule has 152 valence electrons. The molecule has 0 radical (unpaired) electrons. The van der Waals surface area contributed by atoms with Crippen LogP contribution >= 0.6 is 0 Å². The highest BCUT2D eigenvalue weighted by atomic mass is 16.5. The molecule has 0 bridgehead atoms.